The predicted molar refractivity (Wildman–Crippen MR) is 51.9 cm³/mol. The molecule has 0 N–H and O–H groups in total. The number of hydrogen-bond donors (Lipinski definition) is 0. The zero-order chi connectivity index (χ0) is 10.1. The van der Waals surface area contributed by atoms with Gasteiger partial charge in [0.25, 0.3) is 0 Å². The zero-order valence-corrected chi connectivity index (χ0v) is 12.9. The van der Waals surface area contributed by atoms with Crippen molar-refractivity contribution in [1.29, 1.82) is 0 Å². The molecular weight excluding hydrogens is 306 g/mol. The van der Waals surface area contributed by atoms with E-state index in [1.54, 1.807) is 6.07 Å². The molecule has 0 saturated heterocycles. The first-order valence-corrected chi connectivity index (χ1v) is 4.70. The smallest absolute Gasteiger partial charge is 0.449 e. The zero-order valence-electron chi connectivity index (χ0n) is 7.41. The molecule has 14 heavy (non-hydrogen) atoms. The minimum atomic E-state index is -4.80. The molecular formula is C7H5BBrClF3K. The molecule has 0 radical (unpaired) electrons. The maximum Gasteiger partial charge on any atom is 1.00 e. The third kappa shape index (κ3) is 5.53. The molecule has 0 aliphatic carbocycles. The summed E-state index contributed by atoms with van der Waals surface area (Å²) in [7, 11) is 0. The first-order valence-electron chi connectivity index (χ1n) is 3.53. The number of halogens is 5. The maximum atomic E-state index is 12.1. The first kappa shape index (κ1) is 15.5. The van der Waals surface area contributed by atoms with Crippen molar-refractivity contribution in [3.8, 4) is 0 Å². The van der Waals surface area contributed by atoms with Gasteiger partial charge in [-0.1, -0.05) is 39.4 Å². The van der Waals surface area contributed by atoms with Crippen molar-refractivity contribution in [3.63, 3.8) is 0 Å². The summed E-state index contributed by atoms with van der Waals surface area (Å²) in [6.07, 6.45) is -0.902. The molecule has 7 heteroatoms. The Morgan fingerprint density at radius 1 is 1.29 bits per heavy atom. The van der Waals surface area contributed by atoms with Gasteiger partial charge in [0.1, 0.15) is 0 Å². The van der Waals surface area contributed by atoms with Gasteiger partial charge in [0.2, 0.25) is 0 Å². The molecule has 1 rings (SSSR count). The summed E-state index contributed by atoms with van der Waals surface area (Å²) in [6.45, 7) is -4.80. The van der Waals surface area contributed by atoms with E-state index in [0.29, 0.717) is 9.50 Å². The van der Waals surface area contributed by atoms with Crippen molar-refractivity contribution in [2.45, 2.75) is 6.32 Å². The minimum absolute atomic E-state index is 0. The van der Waals surface area contributed by atoms with Crippen LogP contribution < -0.4 is 51.4 Å². The molecule has 0 atom stereocenters. The Kier molecular flexibility index (Phi) is 6.94. The summed E-state index contributed by atoms with van der Waals surface area (Å²) in [5.41, 5.74) is 0.181. The van der Waals surface area contributed by atoms with Crippen molar-refractivity contribution in [1.82, 2.24) is 0 Å². The molecule has 0 unspecified atom stereocenters. The van der Waals surface area contributed by atoms with Gasteiger partial charge in [-0.05, 0) is 18.2 Å². The summed E-state index contributed by atoms with van der Waals surface area (Å²) in [5.74, 6) is 0. The van der Waals surface area contributed by atoms with Crippen LogP contribution in [0.5, 0.6) is 0 Å². The topological polar surface area (TPSA) is 0 Å². The molecule has 1 aromatic carbocycles. The Bertz CT molecular complexity index is 318. The van der Waals surface area contributed by atoms with Crippen LogP contribution >= 0.6 is 27.5 Å². The molecule has 0 aliphatic heterocycles. The fourth-order valence-corrected chi connectivity index (χ4v) is 1.55. The quantitative estimate of drug-likeness (QED) is 0.716. The Balaban J connectivity index is 0.00000169. The molecule has 1 aromatic rings. The van der Waals surface area contributed by atoms with E-state index in [0.717, 1.165) is 0 Å². The van der Waals surface area contributed by atoms with Crippen LogP contribution in [0.2, 0.25) is 5.02 Å². The van der Waals surface area contributed by atoms with Gasteiger partial charge in [-0.2, -0.15) is 0 Å². The van der Waals surface area contributed by atoms with E-state index >= 15 is 0 Å². The molecule has 0 saturated carbocycles. The molecule has 0 spiro atoms. The van der Waals surface area contributed by atoms with Crippen molar-refractivity contribution in [3.05, 3.63) is 33.3 Å². The van der Waals surface area contributed by atoms with E-state index in [9.17, 15) is 12.9 Å². The van der Waals surface area contributed by atoms with Gasteiger partial charge >= 0.3 is 58.4 Å². The molecule has 0 aliphatic rings. The first-order chi connectivity index (χ1) is 5.88. The van der Waals surface area contributed by atoms with Crippen molar-refractivity contribution in [2.75, 3.05) is 0 Å². The maximum absolute atomic E-state index is 12.1. The van der Waals surface area contributed by atoms with Crippen LogP contribution in [0, 0.1) is 0 Å². The monoisotopic (exact) mass is 310 g/mol. The van der Waals surface area contributed by atoms with Gasteiger partial charge in [-0.3, -0.25) is 0 Å². The Morgan fingerprint density at radius 3 is 2.36 bits per heavy atom. The fraction of sp³-hybridized carbons (Fsp3) is 0.143. The third-order valence-corrected chi connectivity index (χ3v) is 2.47. The standard InChI is InChI=1S/C7H5BBrClF3.K/c9-7-2-1-6(10)3-5(7)4-8(11,12)13;/h1-3H,4H2;/q-1;+1. The van der Waals surface area contributed by atoms with E-state index in [4.69, 9.17) is 11.6 Å². The average Bonchev–Trinajstić information content (AvgIpc) is 1.94. The van der Waals surface area contributed by atoms with Crippen LogP contribution in [0.1, 0.15) is 5.56 Å². The van der Waals surface area contributed by atoms with E-state index in [1.165, 1.54) is 12.1 Å². The predicted octanol–water partition coefficient (Wildman–Crippen LogP) is 1.04. The van der Waals surface area contributed by atoms with Gasteiger partial charge < -0.3 is 12.9 Å². The van der Waals surface area contributed by atoms with Crippen molar-refractivity contribution >= 4 is 34.5 Å². The average molecular weight is 311 g/mol. The summed E-state index contributed by atoms with van der Waals surface area (Å²) in [5, 5.41) is 0.318. The fourth-order valence-electron chi connectivity index (χ4n) is 0.949. The molecule has 0 aromatic heterocycles. The van der Waals surface area contributed by atoms with Crippen LogP contribution in [0.4, 0.5) is 12.9 Å². The summed E-state index contributed by atoms with van der Waals surface area (Å²) in [4.78, 5) is 0. The third-order valence-electron chi connectivity index (χ3n) is 1.46. The Hall–Kier alpha value is 1.48. The second kappa shape index (κ2) is 6.27. The second-order valence-corrected chi connectivity index (χ2v) is 3.94. The molecule has 0 fully saturated rings. The van der Waals surface area contributed by atoms with Crippen LogP contribution in [0.3, 0.4) is 0 Å². The van der Waals surface area contributed by atoms with E-state index in [1.807, 2.05) is 0 Å². The largest absolute Gasteiger partial charge is 1.00 e. The molecule has 0 heterocycles. The van der Waals surface area contributed by atoms with Gasteiger partial charge in [-0.15, -0.1) is 0 Å². The van der Waals surface area contributed by atoms with Gasteiger partial charge in [0.05, 0.1) is 0 Å². The van der Waals surface area contributed by atoms with Crippen LogP contribution in [0.15, 0.2) is 22.7 Å². The molecule has 72 valence electrons. The summed E-state index contributed by atoms with van der Waals surface area (Å²) in [6, 6.07) is 4.37. The van der Waals surface area contributed by atoms with Crippen molar-refractivity contribution in [2.24, 2.45) is 0 Å². The summed E-state index contributed by atoms with van der Waals surface area (Å²) >= 11 is 8.60. The summed E-state index contributed by atoms with van der Waals surface area (Å²) < 4.78 is 36.6. The number of rotatable bonds is 2. The van der Waals surface area contributed by atoms with Crippen LogP contribution in [-0.4, -0.2) is 6.98 Å². The van der Waals surface area contributed by atoms with Crippen LogP contribution in [0.25, 0.3) is 0 Å². The number of benzene rings is 1. The van der Waals surface area contributed by atoms with Gasteiger partial charge in [-0.25, -0.2) is 0 Å². The van der Waals surface area contributed by atoms with Gasteiger partial charge in [0, 0.05) is 9.50 Å². The minimum Gasteiger partial charge on any atom is -0.449 e. The van der Waals surface area contributed by atoms with Crippen molar-refractivity contribution < 1.29 is 64.3 Å². The molecule has 0 bridgehead atoms. The van der Waals surface area contributed by atoms with Crippen LogP contribution in [-0.2, 0) is 6.32 Å². The Labute approximate surface area is 136 Å². The molecule has 0 nitrogen and oxygen atoms in total. The second-order valence-electron chi connectivity index (χ2n) is 2.65. The molecule has 0 amide bonds. The van der Waals surface area contributed by atoms with Gasteiger partial charge in [0.15, 0.2) is 0 Å². The van der Waals surface area contributed by atoms with E-state index in [-0.39, 0.29) is 56.9 Å². The Morgan fingerprint density at radius 2 is 1.86 bits per heavy atom. The van der Waals surface area contributed by atoms with E-state index in [2.05, 4.69) is 15.9 Å². The SMILES string of the molecule is F[B-](F)(F)Cc1cc(Cl)ccc1Br.[K+]. The number of hydrogen-bond acceptors (Lipinski definition) is 0. The normalized spacial score (nSPS) is 10.9. The van der Waals surface area contributed by atoms with E-state index < -0.39 is 13.3 Å².